The quantitative estimate of drug-likeness (QED) is 0.721. The summed E-state index contributed by atoms with van der Waals surface area (Å²) in [5.41, 5.74) is 1.99. The maximum absolute atomic E-state index is 5.68. The summed E-state index contributed by atoms with van der Waals surface area (Å²) in [6.07, 6.45) is 1.68. The Kier molecular flexibility index (Phi) is 2.79. The van der Waals surface area contributed by atoms with Crippen molar-refractivity contribution in [3.63, 3.8) is 0 Å². The van der Waals surface area contributed by atoms with Crippen molar-refractivity contribution in [3.8, 4) is 23.0 Å². The molecule has 2 heterocycles. The van der Waals surface area contributed by atoms with E-state index in [1.165, 1.54) is 0 Å². The van der Waals surface area contributed by atoms with Crippen molar-refractivity contribution < 1.29 is 13.9 Å². The SMILES string of the molecule is COc1ccc(-c2nc3ncccc3o2)c(OC)c1. The van der Waals surface area contributed by atoms with Gasteiger partial charge in [-0.05, 0) is 24.3 Å². The molecule has 0 aliphatic heterocycles. The lowest BCUT2D eigenvalue weighted by atomic mass is 10.2. The van der Waals surface area contributed by atoms with Gasteiger partial charge in [-0.1, -0.05) is 0 Å². The second-order valence-corrected chi connectivity index (χ2v) is 3.91. The van der Waals surface area contributed by atoms with Crippen molar-refractivity contribution in [3.05, 3.63) is 36.5 Å². The van der Waals surface area contributed by atoms with Crippen LogP contribution in [0.2, 0.25) is 0 Å². The highest BCUT2D eigenvalue weighted by Gasteiger charge is 2.14. The van der Waals surface area contributed by atoms with Crippen LogP contribution in [0.3, 0.4) is 0 Å². The zero-order valence-corrected chi connectivity index (χ0v) is 10.6. The summed E-state index contributed by atoms with van der Waals surface area (Å²) in [6, 6.07) is 9.11. The fraction of sp³-hybridized carbons (Fsp3) is 0.143. The summed E-state index contributed by atoms with van der Waals surface area (Å²) in [5.74, 6) is 1.84. The van der Waals surface area contributed by atoms with Crippen LogP contribution in [0, 0.1) is 0 Å². The molecule has 2 aromatic heterocycles. The van der Waals surface area contributed by atoms with Gasteiger partial charge in [-0.3, -0.25) is 0 Å². The van der Waals surface area contributed by atoms with Crippen LogP contribution in [-0.2, 0) is 0 Å². The Labute approximate surface area is 109 Å². The van der Waals surface area contributed by atoms with Gasteiger partial charge in [0.25, 0.3) is 0 Å². The average Bonchev–Trinajstić information content (AvgIpc) is 2.90. The number of nitrogens with zero attached hydrogens (tertiary/aromatic N) is 2. The third-order valence-corrected chi connectivity index (χ3v) is 2.80. The van der Waals surface area contributed by atoms with E-state index in [4.69, 9.17) is 13.9 Å². The van der Waals surface area contributed by atoms with Gasteiger partial charge in [0.1, 0.15) is 11.5 Å². The van der Waals surface area contributed by atoms with Gasteiger partial charge in [-0.25, -0.2) is 4.98 Å². The first-order valence-corrected chi connectivity index (χ1v) is 5.76. The van der Waals surface area contributed by atoms with Crippen LogP contribution in [0.15, 0.2) is 40.9 Å². The first-order chi connectivity index (χ1) is 9.31. The van der Waals surface area contributed by atoms with Gasteiger partial charge in [0.2, 0.25) is 5.89 Å². The molecule has 0 aliphatic rings. The van der Waals surface area contributed by atoms with Crippen LogP contribution < -0.4 is 9.47 Å². The molecular weight excluding hydrogens is 244 g/mol. The Morgan fingerprint density at radius 2 is 2.00 bits per heavy atom. The molecule has 0 N–H and O–H groups in total. The van der Waals surface area contributed by atoms with Gasteiger partial charge in [0.15, 0.2) is 11.2 Å². The number of fused-ring (bicyclic) bond motifs is 1. The number of oxazole rings is 1. The van der Waals surface area contributed by atoms with Gasteiger partial charge in [0, 0.05) is 12.3 Å². The number of ether oxygens (including phenoxy) is 2. The number of aromatic nitrogens is 2. The van der Waals surface area contributed by atoms with Gasteiger partial charge in [0.05, 0.1) is 19.8 Å². The molecule has 5 nitrogen and oxygen atoms in total. The molecule has 19 heavy (non-hydrogen) atoms. The number of pyridine rings is 1. The van der Waals surface area contributed by atoms with Crippen LogP contribution >= 0.6 is 0 Å². The van der Waals surface area contributed by atoms with Gasteiger partial charge >= 0.3 is 0 Å². The molecule has 0 atom stereocenters. The minimum atomic E-state index is 0.480. The van der Waals surface area contributed by atoms with Gasteiger partial charge in [-0.15, -0.1) is 0 Å². The Morgan fingerprint density at radius 1 is 1.11 bits per heavy atom. The third-order valence-electron chi connectivity index (χ3n) is 2.80. The highest BCUT2D eigenvalue weighted by molar-refractivity contribution is 5.74. The summed E-state index contributed by atoms with van der Waals surface area (Å²) < 4.78 is 16.2. The zero-order chi connectivity index (χ0) is 13.2. The second-order valence-electron chi connectivity index (χ2n) is 3.91. The molecule has 5 heteroatoms. The van der Waals surface area contributed by atoms with Crippen LogP contribution in [-0.4, -0.2) is 24.2 Å². The van der Waals surface area contributed by atoms with E-state index in [2.05, 4.69) is 9.97 Å². The van der Waals surface area contributed by atoms with Crippen molar-refractivity contribution in [1.82, 2.24) is 9.97 Å². The van der Waals surface area contributed by atoms with E-state index >= 15 is 0 Å². The van der Waals surface area contributed by atoms with Crippen LogP contribution in [0.1, 0.15) is 0 Å². The maximum atomic E-state index is 5.68. The molecule has 0 saturated heterocycles. The number of rotatable bonds is 3. The smallest absolute Gasteiger partial charge is 0.232 e. The van der Waals surface area contributed by atoms with E-state index < -0.39 is 0 Å². The third kappa shape index (κ3) is 1.99. The first kappa shape index (κ1) is 11.5. The molecule has 0 spiro atoms. The first-order valence-electron chi connectivity index (χ1n) is 5.76. The lowest BCUT2D eigenvalue weighted by Gasteiger charge is -2.07. The molecular formula is C14H12N2O3. The van der Waals surface area contributed by atoms with E-state index in [1.54, 1.807) is 26.5 Å². The normalized spacial score (nSPS) is 10.6. The van der Waals surface area contributed by atoms with E-state index in [1.807, 2.05) is 24.3 Å². The summed E-state index contributed by atoms with van der Waals surface area (Å²) in [6.45, 7) is 0. The van der Waals surface area contributed by atoms with Crippen molar-refractivity contribution in [2.45, 2.75) is 0 Å². The molecule has 96 valence electrons. The lowest BCUT2D eigenvalue weighted by Crippen LogP contribution is -1.90. The van der Waals surface area contributed by atoms with Crippen molar-refractivity contribution in [1.29, 1.82) is 0 Å². The summed E-state index contributed by atoms with van der Waals surface area (Å²) in [7, 11) is 3.21. The number of benzene rings is 1. The molecule has 3 rings (SSSR count). The largest absolute Gasteiger partial charge is 0.497 e. The number of methoxy groups -OCH3 is 2. The predicted octanol–water partition coefficient (Wildman–Crippen LogP) is 2.91. The Balaban J connectivity index is 2.15. The Morgan fingerprint density at radius 3 is 2.74 bits per heavy atom. The van der Waals surface area contributed by atoms with Crippen molar-refractivity contribution in [2.24, 2.45) is 0 Å². The second kappa shape index (κ2) is 4.61. The van der Waals surface area contributed by atoms with E-state index in [0.717, 1.165) is 11.3 Å². The number of hydrogen-bond donors (Lipinski definition) is 0. The standard InChI is InChI=1S/C14H12N2O3/c1-17-9-5-6-10(12(8-9)18-2)14-16-13-11(19-14)4-3-7-15-13/h3-8H,1-2H3. The lowest BCUT2D eigenvalue weighted by molar-refractivity contribution is 0.394. The van der Waals surface area contributed by atoms with Crippen molar-refractivity contribution >= 4 is 11.2 Å². The highest BCUT2D eigenvalue weighted by atomic mass is 16.5. The molecule has 1 aromatic carbocycles. The van der Waals surface area contributed by atoms with Crippen LogP contribution in [0.4, 0.5) is 0 Å². The molecule has 3 aromatic rings. The topological polar surface area (TPSA) is 57.4 Å². The van der Waals surface area contributed by atoms with Crippen LogP contribution in [0.25, 0.3) is 22.7 Å². The van der Waals surface area contributed by atoms with Gasteiger partial charge in [-0.2, -0.15) is 4.98 Å². The Bertz CT molecular complexity index is 689. The molecule has 0 bridgehead atoms. The molecule has 0 fully saturated rings. The Hall–Kier alpha value is -2.56. The average molecular weight is 256 g/mol. The monoisotopic (exact) mass is 256 g/mol. The summed E-state index contributed by atoms with van der Waals surface area (Å²) >= 11 is 0. The predicted molar refractivity (Wildman–Crippen MR) is 70.3 cm³/mol. The fourth-order valence-electron chi connectivity index (χ4n) is 1.86. The molecule has 0 saturated carbocycles. The fourth-order valence-corrected chi connectivity index (χ4v) is 1.86. The molecule has 0 aliphatic carbocycles. The minimum Gasteiger partial charge on any atom is -0.497 e. The van der Waals surface area contributed by atoms with Crippen molar-refractivity contribution in [2.75, 3.05) is 14.2 Å². The zero-order valence-electron chi connectivity index (χ0n) is 10.6. The molecule has 0 amide bonds. The van der Waals surface area contributed by atoms with E-state index in [-0.39, 0.29) is 0 Å². The molecule has 0 radical (unpaired) electrons. The summed E-state index contributed by atoms with van der Waals surface area (Å²) in [5, 5.41) is 0. The number of hydrogen-bond acceptors (Lipinski definition) is 5. The van der Waals surface area contributed by atoms with Crippen LogP contribution in [0.5, 0.6) is 11.5 Å². The van der Waals surface area contributed by atoms with Gasteiger partial charge < -0.3 is 13.9 Å². The maximum Gasteiger partial charge on any atom is 0.232 e. The highest BCUT2D eigenvalue weighted by Crippen LogP contribution is 2.33. The minimum absolute atomic E-state index is 0.480. The van der Waals surface area contributed by atoms with E-state index in [9.17, 15) is 0 Å². The van der Waals surface area contributed by atoms with E-state index in [0.29, 0.717) is 22.9 Å². The molecule has 0 unspecified atom stereocenters. The summed E-state index contributed by atoms with van der Waals surface area (Å²) in [4.78, 5) is 8.49.